The van der Waals surface area contributed by atoms with E-state index in [0.717, 1.165) is 0 Å². The number of aliphatic hydroxyl groups is 10. The highest BCUT2D eigenvalue weighted by molar-refractivity contribution is 5.74. The van der Waals surface area contributed by atoms with Crippen LogP contribution in [0.15, 0.2) is 0 Å². The van der Waals surface area contributed by atoms with Crippen LogP contribution in [0.3, 0.4) is 0 Å². The molecule has 3 heterocycles. The second-order valence-corrected chi connectivity index (χ2v) is 12.7. The van der Waals surface area contributed by atoms with E-state index < -0.39 is 118 Å². The van der Waals surface area contributed by atoms with Crippen molar-refractivity contribution in [3.8, 4) is 0 Å². The van der Waals surface area contributed by atoms with Crippen LogP contribution >= 0.6 is 0 Å². The van der Waals surface area contributed by atoms with E-state index in [1.54, 1.807) is 27.7 Å². The molecule has 51 heavy (non-hydrogen) atoms. The predicted octanol–water partition coefficient (Wildman–Crippen LogP) is -6.37. The van der Waals surface area contributed by atoms with Crippen molar-refractivity contribution >= 4 is 17.7 Å². The zero-order chi connectivity index (χ0) is 39.3. The quantitative estimate of drug-likeness (QED) is 0.0988. The minimum atomic E-state index is -1.45. The van der Waals surface area contributed by atoms with Crippen LogP contribution < -0.4 is 16.0 Å². The van der Waals surface area contributed by atoms with Crippen molar-refractivity contribution in [2.24, 2.45) is 0 Å². The lowest BCUT2D eigenvalue weighted by molar-refractivity contribution is -0.278. The summed E-state index contributed by atoms with van der Waals surface area (Å²) < 4.78 is 26.4. The van der Waals surface area contributed by atoms with Gasteiger partial charge in [-0.2, -0.15) is 0 Å². The monoisotopic (exact) mass is 747 g/mol. The molecule has 3 fully saturated rings. The minimum Gasteiger partial charge on any atom is -0.394 e. The number of ether oxygens (including phenoxy) is 5. The van der Waals surface area contributed by atoms with Crippen LogP contribution in [0.2, 0.25) is 0 Å². The van der Waals surface area contributed by atoms with E-state index in [1.165, 1.54) is 20.8 Å². The zero-order valence-electron chi connectivity index (χ0n) is 29.7. The molecule has 0 aromatic rings. The summed E-state index contributed by atoms with van der Waals surface area (Å²) in [6.45, 7) is 9.50. The average molecular weight is 748 g/mol. The van der Waals surface area contributed by atoms with Gasteiger partial charge in [0, 0.05) is 20.8 Å². The van der Waals surface area contributed by atoms with Gasteiger partial charge in [-0.1, -0.05) is 0 Å². The summed E-state index contributed by atoms with van der Waals surface area (Å²) in [5.74, 6) is -1.19. The van der Waals surface area contributed by atoms with Crippen molar-refractivity contribution < 1.29 is 89.1 Å². The average Bonchev–Trinajstić information content (AvgIpc) is 3.04. The number of amides is 3. The van der Waals surface area contributed by atoms with E-state index in [4.69, 9.17) is 39.0 Å². The fourth-order valence-electron chi connectivity index (χ4n) is 5.20. The molecule has 0 aliphatic carbocycles. The van der Waals surface area contributed by atoms with Gasteiger partial charge in [0.2, 0.25) is 17.7 Å². The topological polar surface area (TPSA) is 336 Å². The highest BCUT2D eigenvalue weighted by atomic mass is 16.7. The molecule has 3 aliphatic rings. The van der Waals surface area contributed by atoms with Crippen LogP contribution in [0.5, 0.6) is 0 Å². The molecular formula is C30H57N3O18. The van der Waals surface area contributed by atoms with E-state index in [-0.39, 0.29) is 24.0 Å². The maximum atomic E-state index is 11.1. The molecule has 21 heteroatoms. The van der Waals surface area contributed by atoms with Crippen molar-refractivity contribution in [2.45, 2.75) is 153 Å². The molecule has 13 N–H and O–H groups in total. The molecule has 0 spiro atoms. The van der Waals surface area contributed by atoms with Crippen molar-refractivity contribution in [1.29, 1.82) is 0 Å². The lowest BCUT2D eigenvalue weighted by Gasteiger charge is -2.42. The number of carbonyl (C=O) groups is 3. The van der Waals surface area contributed by atoms with Gasteiger partial charge in [0.05, 0.1) is 32.0 Å². The first-order chi connectivity index (χ1) is 23.7. The van der Waals surface area contributed by atoms with Crippen LogP contribution in [-0.2, 0) is 38.1 Å². The second kappa shape index (κ2) is 22.1. The van der Waals surface area contributed by atoms with Gasteiger partial charge in [-0.3, -0.25) is 14.4 Å². The van der Waals surface area contributed by atoms with Gasteiger partial charge in [-0.15, -0.1) is 0 Å². The van der Waals surface area contributed by atoms with E-state index in [1.807, 2.05) is 0 Å². The Labute approximate surface area is 295 Å². The van der Waals surface area contributed by atoms with E-state index in [2.05, 4.69) is 16.0 Å². The Morgan fingerprint density at radius 2 is 0.784 bits per heavy atom. The number of rotatable bonds is 10. The van der Waals surface area contributed by atoms with E-state index in [0.29, 0.717) is 0 Å². The van der Waals surface area contributed by atoms with Gasteiger partial charge in [0.25, 0.3) is 0 Å². The third kappa shape index (κ3) is 14.3. The highest BCUT2D eigenvalue weighted by Crippen LogP contribution is 2.24. The molecule has 300 valence electrons. The zero-order valence-corrected chi connectivity index (χ0v) is 29.7. The first-order valence-electron chi connectivity index (χ1n) is 16.4. The first kappa shape index (κ1) is 46.8. The molecule has 3 aliphatic heterocycles. The Hall–Kier alpha value is -2.19. The van der Waals surface area contributed by atoms with Crippen LogP contribution in [0.1, 0.15) is 48.5 Å². The summed E-state index contributed by atoms with van der Waals surface area (Å²) in [7, 11) is 0. The SMILES string of the molecule is CC(=O)NC1C(OC(C)C)OC(CO)C(O)C1O.CC(=O)NC1C(OC(C)C)OC(CO)C(O)C1O.CC(=O)N[C@H]1C(O)O[C@H](CO)[C@H](O)[C@@H]1O. The third-order valence-electron chi connectivity index (χ3n) is 7.58. The van der Waals surface area contributed by atoms with Gasteiger partial charge in [-0.25, -0.2) is 0 Å². The molecule has 0 aromatic heterocycles. The number of hydrogen-bond acceptors (Lipinski definition) is 18. The fraction of sp³-hybridized carbons (Fsp3) is 0.900. The molecule has 0 radical (unpaired) electrons. The summed E-state index contributed by atoms with van der Waals surface area (Å²) >= 11 is 0. The van der Waals surface area contributed by atoms with Gasteiger partial charge < -0.3 is 90.7 Å². The Bertz CT molecular complexity index is 1000. The molecule has 3 rings (SSSR count). The van der Waals surface area contributed by atoms with Gasteiger partial charge in [0.1, 0.15) is 73.1 Å². The molecule has 11 unspecified atom stereocenters. The highest BCUT2D eigenvalue weighted by Gasteiger charge is 2.47. The summed E-state index contributed by atoms with van der Waals surface area (Å²) in [5, 5.41) is 102. The lowest BCUT2D eigenvalue weighted by Crippen LogP contribution is -2.64. The molecule has 0 saturated carbocycles. The maximum absolute atomic E-state index is 11.1. The Kier molecular flexibility index (Phi) is 20.3. The second-order valence-electron chi connectivity index (χ2n) is 12.7. The first-order valence-corrected chi connectivity index (χ1v) is 16.4. The van der Waals surface area contributed by atoms with Crippen LogP contribution in [0.25, 0.3) is 0 Å². The lowest BCUT2D eigenvalue weighted by atomic mass is 9.97. The minimum absolute atomic E-state index is 0.187. The Morgan fingerprint density at radius 1 is 0.510 bits per heavy atom. The van der Waals surface area contributed by atoms with Crippen molar-refractivity contribution in [3.05, 3.63) is 0 Å². The number of aliphatic hydroxyl groups excluding tert-OH is 10. The maximum Gasteiger partial charge on any atom is 0.217 e. The van der Waals surface area contributed by atoms with Crippen LogP contribution in [-0.4, -0.2) is 193 Å². The van der Waals surface area contributed by atoms with Crippen molar-refractivity contribution in [3.63, 3.8) is 0 Å². The molecule has 3 amide bonds. The standard InChI is InChI=1S/2C11H21NO6.C8H15NO6/c2*1-5(2)17-11-8(12-6(3)14)10(16)9(15)7(4-13)18-11;1-3(11)9-5-7(13)6(12)4(2-10)15-8(5)14/h2*5,7-11,13,15-16H,4H2,1-3H3,(H,12,14);4-8,10,12-14H,2H2,1H3,(H,9,11)/t;;4-,5-,6+,7-,8?/m..1/s1. The number of nitrogens with one attached hydrogen (secondary N) is 3. The Balaban J connectivity index is 0.000000384. The molecule has 0 aromatic carbocycles. The molecule has 21 nitrogen and oxygen atoms in total. The summed E-state index contributed by atoms with van der Waals surface area (Å²) in [6.07, 6.45) is -14.4. The van der Waals surface area contributed by atoms with Gasteiger partial charge in [0.15, 0.2) is 18.9 Å². The molecule has 0 bridgehead atoms. The van der Waals surface area contributed by atoms with Crippen molar-refractivity contribution in [2.75, 3.05) is 19.8 Å². The van der Waals surface area contributed by atoms with Crippen LogP contribution in [0.4, 0.5) is 0 Å². The molecular weight excluding hydrogens is 690 g/mol. The predicted molar refractivity (Wildman–Crippen MR) is 171 cm³/mol. The Morgan fingerprint density at radius 3 is 1.06 bits per heavy atom. The normalized spacial score (nSPS) is 38.1. The summed E-state index contributed by atoms with van der Waals surface area (Å²) in [5.41, 5.74) is 0. The van der Waals surface area contributed by atoms with Gasteiger partial charge >= 0.3 is 0 Å². The largest absolute Gasteiger partial charge is 0.394 e. The van der Waals surface area contributed by atoms with E-state index in [9.17, 15) is 50.1 Å². The van der Waals surface area contributed by atoms with E-state index >= 15 is 0 Å². The smallest absolute Gasteiger partial charge is 0.217 e. The van der Waals surface area contributed by atoms with Crippen LogP contribution in [0, 0.1) is 0 Å². The molecule has 3 saturated heterocycles. The fourth-order valence-corrected chi connectivity index (χ4v) is 5.20. The van der Waals surface area contributed by atoms with Gasteiger partial charge in [-0.05, 0) is 27.7 Å². The summed E-state index contributed by atoms with van der Waals surface area (Å²) in [6, 6.07) is -2.84. The number of hydrogen-bond donors (Lipinski definition) is 13. The van der Waals surface area contributed by atoms with Crippen molar-refractivity contribution in [1.82, 2.24) is 16.0 Å². The number of carbonyl (C=O) groups excluding carboxylic acids is 3. The third-order valence-corrected chi connectivity index (χ3v) is 7.58. The summed E-state index contributed by atoms with van der Waals surface area (Å²) in [4.78, 5) is 32.9. The molecule has 15 atom stereocenters.